The summed E-state index contributed by atoms with van der Waals surface area (Å²) in [6.45, 7) is 6.24. The van der Waals surface area contributed by atoms with Crippen molar-refractivity contribution in [3.63, 3.8) is 0 Å². The quantitative estimate of drug-likeness (QED) is 0.607. The molecule has 0 bridgehead atoms. The van der Waals surface area contributed by atoms with E-state index in [0.29, 0.717) is 12.3 Å². The molecule has 6 heteroatoms. The Morgan fingerprint density at radius 2 is 1.89 bits per heavy atom. The summed E-state index contributed by atoms with van der Waals surface area (Å²) in [5.74, 6) is 1.34. The van der Waals surface area contributed by atoms with Crippen molar-refractivity contribution < 1.29 is 9.21 Å². The van der Waals surface area contributed by atoms with E-state index in [0.717, 1.165) is 16.9 Å². The molecule has 3 rings (SSSR count). The van der Waals surface area contributed by atoms with Gasteiger partial charge in [0.15, 0.2) is 0 Å². The first kappa shape index (κ1) is 19.2. The lowest BCUT2D eigenvalue weighted by Gasteiger charge is -2.04. The molecule has 5 nitrogen and oxygen atoms in total. The van der Waals surface area contributed by atoms with Crippen LogP contribution in [0.4, 0.5) is 6.01 Å². The Morgan fingerprint density at radius 1 is 1.11 bits per heavy atom. The third-order valence-electron chi connectivity index (χ3n) is 4.15. The summed E-state index contributed by atoms with van der Waals surface area (Å²) in [4.78, 5) is 13.4. The predicted molar refractivity (Wildman–Crippen MR) is 108 cm³/mol. The van der Waals surface area contributed by atoms with Crippen LogP contribution in [-0.2, 0) is 17.6 Å². The number of rotatable bonds is 7. The molecule has 0 aliphatic carbocycles. The van der Waals surface area contributed by atoms with E-state index in [4.69, 9.17) is 4.42 Å². The van der Waals surface area contributed by atoms with Gasteiger partial charge in [-0.1, -0.05) is 47.9 Å². The molecular weight excluding hydrogens is 358 g/mol. The molecule has 2 aromatic carbocycles. The highest BCUT2D eigenvalue weighted by Crippen LogP contribution is 2.19. The molecular formula is C21H23N3O2S. The lowest BCUT2D eigenvalue weighted by molar-refractivity contribution is -0.115. The van der Waals surface area contributed by atoms with Gasteiger partial charge in [-0.2, -0.15) is 0 Å². The minimum absolute atomic E-state index is 0.137. The van der Waals surface area contributed by atoms with Crippen molar-refractivity contribution in [3.8, 4) is 0 Å². The number of aromatic nitrogens is 2. The van der Waals surface area contributed by atoms with Crippen molar-refractivity contribution in [2.75, 3.05) is 11.1 Å². The Balaban J connectivity index is 1.57. The van der Waals surface area contributed by atoms with E-state index in [1.807, 2.05) is 24.3 Å². The molecule has 1 aromatic heterocycles. The number of aryl methyl sites for hydroxylation is 2. The smallest absolute Gasteiger partial charge is 0.322 e. The highest BCUT2D eigenvalue weighted by Gasteiger charge is 2.12. The van der Waals surface area contributed by atoms with E-state index in [9.17, 15) is 4.79 Å². The molecule has 140 valence electrons. The van der Waals surface area contributed by atoms with E-state index in [1.54, 1.807) is 11.8 Å². The summed E-state index contributed by atoms with van der Waals surface area (Å²) in [6.07, 6.45) is 0.817. The van der Waals surface area contributed by atoms with Gasteiger partial charge in [0, 0.05) is 4.90 Å². The third-order valence-corrected chi connectivity index (χ3v) is 5.05. The van der Waals surface area contributed by atoms with Crippen molar-refractivity contribution >= 4 is 23.7 Å². The van der Waals surface area contributed by atoms with Crippen molar-refractivity contribution in [3.05, 3.63) is 70.6 Å². The first-order valence-corrected chi connectivity index (χ1v) is 9.92. The Kier molecular flexibility index (Phi) is 6.29. The molecule has 1 N–H and O–H groups in total. The fraction of sp³-hybridized carbons (Fsp3) is 0.286. The molecule has 0 saturated heterocycles. The average molecular weight is 382 g/mol. The van der Waals surface area contributed by atoms with Crippen LogP contribution in [0.3, 0.4) is 0 Å². The normalized spacial score (nSPS) is 10.8. The number of hydrogen-bond acceptors (Lipinski definition) is 5. The number of nitrogens with zero attached hydrogens (tertiary/aromatic N) is 2. The second-order valence-electron chi connectivity index (χ2n) is 6.41. The number of anilines is 1. The Morgan fingerprint density at radius 3 is 2.59 bits per heavy atom. The second kappa shape index (κ2) is 8.86. The van der Waals surface area contributed by atoms with Crippen molar-refractivity contribution in [1.82, 2.24) is 10.2 Å². The van der Waals surface area contributed by atoms with Gasteiger partial charge in [-0.3, -0.25) is 10.1 Å². The van der Waals surface area contributed by atoms with Gasteiger partial charge in [0.25, 0.3) is 0 Å². The van der Waals surface area contributed by atoms with Crippen LogP contribution >= 0.6 is 11.8 Å². The molecule has 0 spiro atoms. The molecule has 0 fully saturated rings. The van der Waals surface area contributed by atoms with E-state index in [-0.39, 0.29) is 18.3 Å². The number of nitrogens with one attached hydrogen (secondary N) is 1. The summed E-state index contributed by atoms with van der Waals surface area (Å²) < 4.78 is 5.57. The van der Waals surface area contributed by atoms with Crippen LogP contribution < -0.4 is 5.32 Å². The topological polar surface area (TPSA) is 68.0 Å². The first-order chi connectivity index (χ1) is 13.0. The van der Waals surface area contributed by atoms with Gasteiger partial charge in [-0.25, -0.2) is 0 Å². The van der Waals surface area contributed by atoms with Crippen LogP contribution in [0.1, 0.15) is 35.1 Å². The van der Waals surface area contributed by atoms with E-state index >= 15 is 0 Å². The lowest BCUT2D eigenvalue weighted by atomic mass is 10.0. The highest BCUT2D eigenvalue weighted by atomic mass is 32.2. The zero-order valence-electron chi connectivity index (χ0n) is 15.8. The summed E-state index contributed by atoms with van der Waals surface area (Å²) >= 11 is 1.78. The summed E-state index contributed by atoms with van der Waals surface area (Å²) in [7, 11) is 0. The molecule has 0 radical (unpaired) electrons. The van der Waals surface area contributed by atoms with Crippen molar-refractivity contribution in [2.45, 2.75) is 38.5 Å². The van der Waals surface area contributed by atoms with Gasteiger partial charge in [0.1, 0.15) is 0 Å². The van der Waals surface area contributed by atoms with E-state index in [2.05, 4.69) is 54.5 Å². The van der Waals surface area contributed by atoms with E-state index < -0.39 is 0 Å². The molecule has 3 aromatic rings. The molecule has 0 atom stereocenters. The van der Waals surface area contributed by atoms with Crippen LogP contribution in [0.25, 0.3) is 0 Å². The Hall–Kier alpha value is -2.60. The fourth-order valence-electron chi connectivity index (χ4n) is 2.80. The van der Waals surface area contributed by atoms with Crippen molar-refractivity contribution in [1.29, 1.82) is 0 Å². The molecule has 1 amide bonds. The van der Waals surface area contributed by atoms with Crippen molar-refractivity contribution in [2.24, 2.45) is 0 Å². The van der Waals surface area contributed by atoms with Crippen LogP contribution in [0.5, 0.6) is 0 Å². The standard InChI is InChI=1S/C21H23N3O2S/c1-4-27-18-9-6-16(7-10-18)12-19(25)22-21-24-23-20(26-21)13-17-8-5-14(2)11-15(17)3/h5-11H,4,12-13H2,1-3H3,(H,22,24,25). The summed E-state index contributed by atoms with van der Waals surface area (Å²) in [5, 5.41) is 10.6. The zero-order valence-corrected chi connectivity index (χ0v) is 16.6. The Bertz CT molecular complexity index is 919. The van der Waals surface area contributed by atoms with E-state index in [1.165, 1.54) is 16.0 Å². The number of hydrogen-bond donors (Lipinski definition) is 1. The molecule has 1 heterocycles. The maximum absolute atomic E-state index is 12.2. The molecule has 0 unspecified atom stereocenters. The monoisotopic (exact) mass is 381 g/mol. The second-order valence-corrected chi connectivity index (χ2v) is 7.75. The average Bonchev–Trinajstić information content (AvgIpc) is 3.06. The number of carbonyl (C=O) groups excluding carboxylic acids is 1. The summed E-state index contributed by atoms with van der Waals surface area (Å²) in [5.41, 5.74) is 4.48. The number of benzene rings is 2. The van der Waals surface area contributed by atoms with Crippen LogP contribution in [-0.4, -0.2) is 21.9 Å². The minimum Gasteiger partial charge on any atom is -0.407 e. The van der Waals surface area contributed by atoms with Gasteiger partial charge < -0.3 is 4.42 Å². The van der Waals surface area contributed by atoms with Gasteiger partial charge in [-0.15, -0.1) is 16.9 Å². The highest BCUT2D eigenvalue weighted by molar-refractivity contribution is 7.99. The van der Waals surface area contributed by atoms with Crippen LogP contribution in [0.15, 0.2) is 51.8 Å². The SMILES string of the molecule is CCSc1ccc(CC(=O)Nc2nnc(Cc3ccc(C)cc3C)o2)cc1. The van der Waals surface area contributed by atoms with Gasteiger partial charge in [-0.05, 0) is 48.4 Å². The fourth-order valence-corrected chi connectivity index (χ4v) is 3.46. The van der Waals surface area contributed by atoms with Gasteiger partial charge in [0.2, 0.25) is 11.8 Å². The minimum atomic E-state index is -0.174. The first-order valence-electron chi connectivity index (χ1n) is 8.93. The molecule has 0 aliphatic rings. The maximum atomic E-state index is 12.2. The molecule has 0 aliphatic heterocycles. The lowest BCUT2D eigenvalue weighted by Crippen LogP contribution is -2.14. The number of thioether (sulfide) groups is 1. The number of amides is 1. The molecule has 0 saturated carbocycles. The third kappa shape index (κ3) is 5.44. The summed E-state index contributed by atoms with van der Waals surface area (Å²) in [6, 6.07) is 14.4. The maximum Gasteiger partial charge on any atom is 0.322 e. The largest absolute Gasteiger partial charge is 0.407 e. The van der Waals surface area contributed by atoms with Crippen LogP contribution in [0, 0.1) is 13.8 Å². The van der Waals surface area contributed by atoms with Crippen LogP contribution in [0.2, 0.25) is 0 Å². The predicted octanol–water partition coefficient (Wildman–Crippen LogP) is 4.57. The zero-order chi connectivity index (χ0) is 19.2. The van der Waals surface area contributed by atoms with Gasteiger partial charge in [0.05, 0.1) is 12.8 Å². The van der Waals surface area contributed by atoms with Gasteiger partial charge >= 0.3 is 6.01 Å². The number of carbonyl (C=O) groups is 1. The Labute approximate surface area is 163 Å². The molecule has 27 heavy (non-hydrogen) atoms.